The molecule has 38 heavy (non-hydrogen) atoms. The predicted octanol–water partition coefficient (Wildman–Crippen LogP) is 4.42. The fourth-order valence-corrected chi connectivity index (χ4v) is 6.00. The number of ether oxygens (including phenoxy) is 3. The number of hydrogen-bond donors (Lipinski definition) is 1. The van der Waals surface area contributed by atoms with Gasteiger partial charge in [0, 0.05) is 49.8 Å². The van der Waals surface area contributed by atoms with E-state index in [1.807, 2.05) is 36.5 Å². The predicted molar refractivity (Wildman–Crippen MR) is 153 cm³/mol. The summed E-state index contributed by atoms with van der Waals surface area (Å²) < 4.78 is 19.3. The molecular formula is C29H37N5O3S. The molecule has 202 valence electrons. The van der Waals surface area contributed by atoms with Crippen LogP contribution in [0.3, 0.4) is 0 Å². The lowest BCUT2D eigenvalue weighted by Crippen LogP contribution is -2.37. The molecule has 0 spiro atoms. The molecule has 2 aliphatic rings. The number of thiocarbonyl (C=S) groups is 1. The van der Waals surface area contributed by atoms with E-state index >= 15 is 0 Å². The van der Waals surface area contributed by atoms with E-state index in [4.69, 9.17) is 31.4 Å². The largest absolute Gasteiger partial charge is 0.497 e. The molecule has 0 radical (unpaired) electrons. The molecule has 2 saturated heterocycles. The molecule has 2 fully saturated rings. The molecule has 0 unspecified atom stereocenters. The molecule has 1 aromatic carbocycles. The van der Waals surface area contributed by atoms with Crippen molar-refractivity contribution in [3.8, 4) is 11.5 Å². The zero-order valence-corrected chi connectivity index (χ0v) is 23.5. The second-order valence-electron chi connectivity index (χ2n) is 9.82. The first-order valence-corrected chi connectivity index (χ1v) is 13.6. The lowest BCUT2D eigenvalue weighted by atomic mass is 9.96. The normalized spacial score (nSPS) is 20.0. The Balaban J connectivity index is 1.52. The molecule has 0 bridgehead atoms. The highest BCUT2D eigenvalue weighted by atomic mass is 32.1. The van der Waals surface area contributed by atoms with E-state index in [2.05, 4.69) is 45.7 Å². The number of aryl methyl sites for hydroxylation is 1. The number of anilines is 1. The summed E-state index contributed by atoms with van der Waals surface area (Å²) in [5.74, 6) is 1.48. The summed E-state index contributed by atoms with van der Waals surface area (Å²) in [7, 11) is 3.36. The minimum absolute atomic E-state index is 0.113. The van der Waals surface area contributed by atoms with Gasteiger partial charge in [0.2, 0.25) is 0 Å². The van der Waals surface area contributed by atoms with Crippen LogP contribution in [-0.4, -0.2) is 66.6 Å². The number of pyridine rings is 1. The number of nitrogens with one attached hydrogen (secondary N) is 1. The van der Waals surface area contributed by atoms with Crippen molar-refractivity contribution in [2.75, 3.05) is 52.0 Å². The van der Waals surface area contributed by atoms with Crippen molar-refractivity contribution < 1.29 is 14.2 Å². The number of hydrogen-bond acceptors (Lipinski definition) is 6. The highest BCUT2D eigenvalue weighted by Crippen LogP contribution is 2.46. The Morgan fingerprint density at radius 2 is 1.87 bits per heavy atom. The van der Waals surface area contributed by atoms with Gasteiger partial charge in [-0.15, -0.1) is 0 Å². The molecule has 0 aliphatic carbocycles. The maximum atomic E-state index is 5.96. The van der Waals surface area contributed by atoms with E-state index in [-0.39, 0.29) is 12.1 Å². The average molecular weight is 536 g/mol. The maximum absolute atomic E-state index is 5.96. The van der Waals surface area contributed by atoms with Crippen molar-refractivity contribution in [3.63, 3.8) is 0 Å². The summed E-state index contributed by atoms with van der Waals surface area (Å²) in [5, 5.41) is 4.20. The average Bonchev–Trinajstić information content (AvgIpc) is 3.44. The Morgan fingerprint density at radius 1 is 1.05 bits per heavy atom. The van der Waals surface area contributed by atoms with E-state index in [0.29, 0.717) is 5.11 Å². The highest BCUT2D eigenvalue weighted by Gasteiger charge is 2.43. The molecular weight excluding hydrogens is 498 g/mol. The molecule has 0 amide bonds. The maximum Gasteiger partial charge on any atom is 0.174 e. The SMILES string of the molecule is COc1ccc(OC)c(N2C(=S)N[C@@H](c3ccccn3)[C@@H]2c2cc(C)n(CCCN3CCOCC3)c2C)c1. The van der Waals surface area contributed by atoms with Crippen LogP contribution in [-0.2, 0) is 11.3 Å². The minimum Gasteiger partial charge on any atom is -0.497 e. The second kappa shape index (κ2) is 11.7. The Morgan fingerprint density at radius 3 is 2.58 bits per heavy atom. The van der Waals surface area contributed by atoms with Crippen molar-refractivity contribution in [3.05, 3.63) is 71.3 Å². The zero-order chi connectivity index (χ0) is 26.6. The zero-order valence-electron chi connectivity index (χ0n) is 22.6. The van der Waals surface area contributed by atoms with Crippen molar-refractivity contribution in [1.29, 1.82) is 0 Å². The molecule has 8 nitrogen and oxygen atoms in total. The molecule has 2 aromatic heterocycles. The number of rotatable bonds is 9. The topological polar surface area (TPSA) is 64.0 Å². The van der Waals surface area contributed by atoms with E-state index in [1.54, 1.807) is 14.2 Å². The number of methoxy groups -OCH3 is 2. The Bertz CT molecular complexity index is 1260. The number of aromatic nitrogens is 2. The highest BCUT2D eigenvalue weighted by molar-refractivity contribution is 7.80. The lowest BCUT2D eigenvalue weighted by molar-refractivity contribution is 0.0369. The Hall–Kier alpha value is -3.14. The van der Waals surface area contributed by atoms with E-state index in [1.165, 1.54) is 17.0 Å². The minimum atomic E-state index is -0.123. The van der Waals surface area contributed by atoms with Gasteiger partial charge in [-0.25, -0.2) is 0 Å². The van der Waals surface area contributed by atoms with Gasteiger partial charge in [-0.2, -0.15) is 0 Å². The van der Waals surface area contributed by atoms with Crippen LogP contribution in [0.15, 0.2) is 48.7 Å². The first-order valence-electron chi connectivity index (χ1n) is 13.2. The molecule has 3 aromatic rings. The van der Waals surface area contributed by atoms with Crippen LogP contribution in [0.5, 0.6) is 11.5 Å². The Labute approximate surface area is 230 Å². The van der Waals surface area contributed by atoms with Crippen molar-refractivity contribution in [2.45, 2.75) is 38.9 Å². The third kappa shape index (κ3) is 5.23. The first kappa shape index (κ1) is 26.5. The molecule has 2 atom stereocenters. The quantitative estimate of drug-likeness (QED) is 0.404. The van der Waals surface area contributed by atoms with Gasteiger partial charge in [-0.1, -0.05) is 6.07 Å². The molecule has 1 N–H and O–H groups in total. The van der Waals surface area contributed by atoms with Crippen LogP contribution in [0, 0.1) is 13.8 Å². The number of nitrogens with zero attached hydrogens (tertiary/aromatic N) is 4. The summed E-state index contributed by atoms with van der Waals surface area (Å²) in [6.07, 6.45) is 2.93. The fourth-order valence-electron chi connectivity index (χ4n) is 5.66. The van der Waals surface area contributed by atoms with Crippen LogP contribution in [0.2, 0.25) is 0 Å². The standard InChI is InChI=1S/C29H37N5O3S/c1-20-18-23(21(2)33(20)13-7-12-32-14-16-37-17-15-32)28-27(24-8-5-6-11-30-24)31-29(38)34(28)25-19-22(35-3)9-10-26(25)36-4/h5-6,8-11,18-19,27-28H,7,12-17H2,1-4H3,(H,31,38)/t27-,28-/m0/s1. The van der Waals surface area contributed by atoms with Crippen LogP contribution < -0.4 is 19.7 Å². The van der Waals surface area contributed by atoms with Crippen molar-refractivity contribution >= 4 is 23.0 Å². The van der Waals surface area contributed by atoms with Gasteiger partial charge in [0.1, 0.15) is 11.5 Å². The van der Waals surface area contributed by atoms with E-state index in [0.717, 1.165) is 68.7 Å². The lowest BCUT2D eigenvalue weighted by Gasteiger charge is -2.29. The first-order chi connectivity index (χ1) is 18.5. The molecule has 0 saturated carbocycles. The van der Waals surface area contributed by atoms with Gasteiger partial charge in [-0.3, -0.25) is 9.88 Å². The number of benzene rings is 1. The van der Waals surface area contributed by atoms with Crippen LogP contribution in [0.1, 0.15) is 41.1 Å². The van der Waals surface area contributed by atoms with Crippen LogP contribution in [0.25, 0.3) is 0 Å². The van der Waals surface area contributed by atoms with Gasteiger partial charge in [0.15, 0.2) is 5.11 Å². The molecule has 9 heteroatoms. The molecule has 2 aliphatic heterocycles. The monoisotopic (exact) mass is 535 g/mol. The fraction of sp³-hybridized carbons (Fsp3) is 0.448. The Kier molecular flexibility index (Phi) is 8.16. The van der Waals surface area contributed by atoms with E-state index < -0.39 is 0 Å². The third-order valence-electron chi connectivity index (χ3n) is 7.63. The van der Waals surface area contributed by atoms with Gasteiger partial charge < -0.3 is 29.0 Å². The van der Waals surface area contributed by atoms with Crippen molar-refractivity contribution in [1.82, 2.24) is 19.8 Å². The summed E-state index contributed by atoms with van der Waals surface area (Å²) in [6, 6.07) is 13.9. The van der Waals surface area contributed by atoms with Gasteiger partial charge in [0.25, 0.3) is 0 Å². The number of morpholine rings is 1. The summed E-state index contributed by atoms with van der Waals surface area (Å²) >= 11 is 5.96. The van der Waals surface area contributed by atoms with Gasteiger partial charge >= 0.3 is 0 Å². The molecule has 4 heterocycles. The van der Waals surface area contributed by atoms with Crippen molar-refractivity contribution in [2.24, 2.45) is 0 Å². The second-order valence-corrected chi connectivity index (χ2v) is 10.2. The van der Waals surface area contributed by atoms with Crippen LogP contribution >= 0.6 is 12.2 Å². The summed E-state index contributed by atoms with van der Waals surface area (Å²) in [6.45, 7) is 10.2. The summed E-state index contributed by atoms with van der Waals surface area (Å²) in [5.41, 5.74) is 5.52. The van der Waals surface area contributed by atoms with E-state index in [9.17, 15) is 0 Å². The molecule has 5 rings (SSSR count). The smallest absolute Gasteiger partial charge is 0.174 e. The summed E-state index contributed by atoms with van der Waals surface area (Å²) in [4.78, 5) is 9.36. The van der Waals surface area contributed by atoms with Crippen LogP contribution in [0.4, 0.5) is 5.69 Å². The van der Waals surface area contributed by atoms with Gasteiger partial charge in [-0.05, 0) is 68.4 Å². The third-order valence-corrected chi connectivity index (χ3v) is 7.95. The van der Waals surface area contributed by atoms with Gasteiger partial charge in [0.05, 0.1) is 50.9 Å².